The van der Waals surface area contributed by atoms with Gasteiger partial charge in [0.05, 0.1) is 21.9 Å². The number of anilines is 2. The number of nitrogens with zero attached hydrogens (tertiary/aromatic N) is 3. The van der Waals surface area contributed by atoms with Crippen molar-refractivity contribution in [3.05, 3.63) is 71.1 Å². The lowest BCUT2D eigenvalue weighted by Gasteiger charge is -2.15. The second-order valence-electron chi connectivity index (χ2n) is 8.18. The Bertz CT molecular complexity index is 1480. The number of fused-ring (bicyclic) bond motifs is 1. The van der Waals surface area contributed by atoms with E-state index >= 15 is 0 Å². The van der Waals surface area contributed by atoms with Crippen molar-refractivity contribution in [1.29, 1.82) is 0 Å². The standard InChI is InChI=1S/C24H22ClFN4O3S.2ClH/c1-30(2)13-14-4-6-16(7-5-14)28-23-21(34(3,32)33)12-27-20-9-8-19(29-22(20)23)15-10-17(25)24(31)18(26)11-15;;/h4-12,31H,13H2,1-3H3,(H,27,28);2*1H. The summed E-state index contributed by atoms with van der Waals surface area (Å²) in [4.78, 5) is 10.9. The summed E-state index contributed by atoms with van der Waals surface area (Å²) in [5.74, 6) is -1.53. The average molecular weight is 574 g/mol. The molecule has 0 fully saturated rings. The van der Waals surface area contributed by atoms with Crippen LogP contribution in [0.25, 0.3) is 22.3 Å². The van der Waals surface area contributed by atoms with Crippen molar-refractivity contribution in [3.63, 3.8) is 0 Å². The number of phenolic OH excluding ortho intramolecular Hbond substituents is 1. The number of pyridine rings is 2. The molecule has 0 aliphatic rings. The number of aromatic hydroxyl groups is 1. The molecule has 0 bridgehead atoms. The third-order valence-corrected chi connectivity index (χ3v) is 6.51. The first-order valence-corrected chi connectivity index (χ1v) is 12.5. The van der Waals surface area contributed by atoms with E-state index in [0.717, 1.165) is 24.4 Å². The van der Waals surface area contributed by atoms with E-state index in [2.05, 4.69) is 15.3 Å². The molecule has 0 aliphatic carbocycles. The third-order valence-electron chi connectivity index (χ3n) is 5.11. The molecule has 36 heavy (non-hydrogen) atoms. The van der Waals surface area contributed by atoms with E-state index in [-0.39, 0.29) is 40.4 Å². The summed E-state index contributed by atoms with van der Waals surface area (Å²) in [6, 6.07) is 13.4. The lowest BCUT2D eigenvalue weighted by molar-refractivity contribution is 0.402. The fourth-order valence-corrected chi connectivity index (χ4v) is 4.50. The zero-order chi connectivity index (χ0) is 24.6. The van der Waals surface area contributed by atoms with Gasteiger partial charge >= 0.3 is 0 Å². The number of hydrogen-bond donors (Lipinski definition) is 2. The molecule has 0 saturated heterocycles. The summed E-state index contributed by atoms with van der Waals surface area (Å²) >= 11 is 5.93. The van der Waals surface area contributed by atoms with Gasteiger partial charge in [-0.3, -0.25) is 4.98 Å². The Morgan fingerprint density at radius 2 is 1.75 bits per heavy atom. The smallest absolute Gasteiger partial charge is 0.179 e. The lowest BCUT2D eigenvalue weighted by atomic mass is 10.1. The van der Waals surface area contributed by atoms with Crippen molar-refractivity contribution in [2.45, 2.75) is 11.4 Å². The Morgan fingerprint density at radius 1 is 1.08 bits per heavy atom. The highest BCUT2D eigenvalue weighted by Gasteiger charge is 2.20. The normalized spacial score (nSPS) is 11.2. The van der Waals surface area contributed by atoms with Crippen molar-refractivity contribution in [1.82, 2.24) is 14.9 Å². The fraction of sp³-hybridized carbons (Fsp3) is 0.167. The predicted octanol–water partition coefficient (Wildman–Crippen LogP) is 5.85. The van der Waals surface area contributed by atoms with Crippen molar-refractivity contribution in [3.8, 4) is 17.0 Å². The molecular formula is C24H24Cl3FN4O3S. The summed E-state index contributed by atoms with van der Waals surface area (Å²) in [7, 11) is 0.301. The zero-order valence-electron chi connectivity index (χ0n) is 19.5. The highest BCUT2D eigenvalue weighted by atomic mass is 35.5. The quantitative estimate of drug-likeness (QED) is 0.299. The van der Waals surface area contributed by atoms with Gasteiger partial charge < -0.3 is 15.3 Å². The Kier molecular flexibility index (Phi) is 9.50. The van der Waals surface area contributed by atoms with E-state index in [1.807, 2.05) is 43.3 Å². The maximum atomic E-state index is 14.1. The molecule has 4 rings (SSSR count). The molecule has 0 aliphatic heterocycles. The minimum Gasteiger partial charge on any atom is -0.504 e. The number of phenols is 1. The Morgan fingerprint density at radius 3 is 2.33 bits per heavy atom. The maximum absolute atomic E-state index is 14.1. The second-order valence-corrected chi connectivity index (χ2v) is 10.6. The van der Waals surface area contributed by atoms with Gasteiger partial charge in [-0.25, -0.2) is 17.8 Å². The van der Waals surface area contributed by atoms with E-state index in [0.29, 0.717) is 28.0 Å². The number of rotatable bonds is 6. The molecule has 0 radical (unpaired) electrons. The van der Waals surface area contributed by atoms with Crippen LogP contribution in [0.4, 0.5) is 15.8 Å². The molecule has 0 saturated carbocycles. The molecule has 4 aromatic rings. The minimum absolute atomic E-state index is 0. The van der Waals surface area contributed by atoms with Crippen LogP contribution in [-0.4, -0.2) is 48.7 Å². The molecular weight excluding hydrogens is 550 g/mol. The number of nitrogens with one attached hydrogen (secondary N) is 1. The Balaban J connectivity index is 0.00000228. The first-order valence-electron chi connectivity index (χ1n) is 10.2. The number of halogens is 4. The van der Waals surface area contributed by atoms with Crippen LogP contribution in [0.3, 0.4) is 0 Å². The highest BCUT2D eigenvalue weighted by molar-refractivity contribution is 7.90. The molecule has 2 aromatic heterocycles. The van der Waals surface area contributed by atoms with Gasteiger partial charge in [-0.15, -0.1) is 24.8 Å². The third kappa shape index (κ3) is 6.35. The van der Waals surface area contributed by atoms with Crippen molar-refractivity contribution < 1.29 is 17.9 Å². The topological polar surface area (TPSA) is 95.4 Å². The Labute approximate surface area is 226 Å². The molecule has 0 atom stereocenters. The van der Waals surface area contributed by atoms with Gasteiger partial charge in [0.2, 0.25) is 0 Å². The van der Waals surface area contributed by atoms with Gasteiger partial charge in [0.25, 0.3) is 0 Å². The lowest BCUT2D eigenvalue weighted by Crippen LogP contribution is -2.10. The van der Waals surface area contributed by atoms with Crippen LogP contribution in [0, 0.1) is 5.82 Å². The zero-order valence-corrected chi connectivity index (χ0v) is 22.7. The summed E-state index contributed by atoms with van der Waals surface area (Å²) in [5, 5.41) is 12.7. The van der Waals surface area contributed by atoms with Crippen molar-refractivity contribution >= 4 is 68.7 Å². The van der Waals surface area contributed by atoms with Crippen LogP contribution < -0.4 is 5.32 Å². The molecule has 0 amide bonds. The van der Waals surface area contributed by atoms with Crippen LogP contribution >= 0.6 is 36.4 Å². The van der Waals surface area contributed by atoms with Crippen molar-refractivity contribution in [2.75, 3.05) is 25.7 Å². The number of benzene rings is 2. The number of aromatic nitrogens is 2. The van der Waals surface area contributed by atoms with E-state index in [1.165, 1.54) is 12.3 Å². The summed E-state index contributed by atoms with van der Waals surface area (Å²) in [5.41, 5.74) is 3.45. The van der Waals surface area contributed by atoms with Gasteiger partial charge in [0.1, 0.15) is 10.4 Å². The van der Waals surface area contributed by atoms with Gasteiger partial charge in [-0.05, 0) is 56.1 Å². The van der Waals surface area contributed by atoms with Crippen LogP contribution in [0.5, 0.6) is 5.75 Å². The Hall–Kier alpha value is -2.69. The average Bonchev–Trinajstić information content (AvgIpc) is 2.77. The summed E-state index contributed by atoms with van der Waals surface area (Å²) < 4.78 is 39.1. The largest absolute Gasteiger partial charge is 0.504 e. The second kappa shape index (κ2) is 11.6. The van der Waals surface area contributed by atoms with Gasteiger partial charge in [-0.2, -0.15) is 0 Å². The van der Waals surface area contributed by atoms with Gasteiger partial charge in [-0.1, -0.05) is 23.7 Å². The molecule has 7 nitrogen and oxygen atoms in total. The van der Waals surface area contributed by atoms with E-state index in [1.54, 1.807) is 12.1 Å². The molecule has 2 heterocycles. The van der Waals surface area contributed by atoms with Crippen molar-refractivity contribution in [2.24, 2.45) is 0 Å². The molecule has 2 aromatic carbocycles. The van der Waals surface area contributed by atoms with Crippen LogP contribution in [0.2, 0.25) is 5.02 Å². The van der Waals surface area contributed by atoms with Gasteiger partial charge in [0.15, 0.2) is 21.4 Å². The van der Waals surface area contributed by atoms with Crippen LogP contribution in [-0.2, 0) is 16.4 Å². The summed E-state index contributed by atoms with van der Waals surface area (Å²) in [6.45, 7) is 0.768. The SMILES string of the molecule is CN(C)Cc1ccc(Nc2c(S(C)(=O)=O)cnc3ccc(-c4cc(F)c(O)c(Cl)c4)nc23)cc1.Cl.Cl. The van der Waals surface area contributed by atoms with Crippen LogP contribution in [0.15, 0.2) is 59.6 Å². The molecule has 192 valence electrons. The molecule has 2 N–H and O–H groups in total. The minimum atomic E-state index is -3.65. The number of sulfone groups is 1. The van der Waals surface area contributed by atoms with Gasteiger partial charge in [0, 0.05) is 30.2 Å². The molecule has 0 unspecified atom stereocenters. The van der Waals surface area contributed by atoms with E-state index in [9.17, 15) is 17.9 Å². The monoisotopic (exact) mass is 572 g/mol. The highest BCUT2D eigenvalue weighted by Crippen LogP contribution is 2.35. The predicted molar refractivity (Wildman–Crippen MR) is 146 cm³/mol. The maximum Gasteiger partial charge on any atom is 0.179 e. The van der Waals surface area contributed by atoms with E-state index in [4.69, 9.17) is 11.6 Å². The molecule has 0 spiro atoms. The first-order chi connectivity index (χ1) is 16.0. The van der Waals surface area contributed by atoms with E-state index < -0.39 is 21.4 Å². The first kappa shape index (κ1) is 29.5. The fourth-order valence-electron chi connectivity index (χ4n) is 3.53. The van der Waals surface area contributed by atoms with Crippen LogP contribution in [0.1, 0.15) is 5.56 Å². The summed E-state index contributed by atoms with van der Waals surface area (Å²) in [6.07, 6.45) is 2.39. The molecule has 12 heteroatoms. The number of hydrogen-bond acceptors (Lipinski definition) is 7.